The number of benzene rings is 1. The van der Waals surface area contributed by atoms with E-state index in [4.69, 9.17) is 14.2 Å². The number of para-hydroxylation sites is 1. The number of nitrogens with zero attached hydrogens (tertiary/aromatic N) is 3. The Morgan fingerprint density at radius 3 is 2.55 bits per heavy atom. The largest absolute Gasteiger partial charge is 0.496 e. The van der Waals surface area contributed by atoms with Crippen molar-refractivity contribution in [1.82, 2.24) is 14.9 Å². The molecule has 1 N–H and O–H groups in total. The average Bonchev–Trinajstić information content (AvgIpc) is 3.22. The molecule has 1 aromatic carbocycles. The van der Waals surface area contributed by atoms with Crippen LogP contribution in [0.5, 0.6) is 5.75 Å². The zero-order chi connectivity index (χ0) is 20.1. The van der Waals surface area contributed by atoms with Crippen LogP contribution >= 0.6 is 0 Å². The molecule has 3 heterocycles. The van der Waals surface area contributed by atoms with Gasteiger partial charge in [-0.25, -0.2) is 9.97 Å². The number of nitrogens with one attached hydrogen (secondary N) is 1. The topological polar surface area (TPSA) is 85.8 Å². The van der Waals surface area contributed by atoms with Gasteiger partial charge < -0.3 is 24.4 Å². The lowest BCUT2D eigenvalue weighted by atomic mass is 10.0. The fraction of sp³-hybridized carbons (Fsp3) is 0.476. The van der Waals surface area contributed by atoms with Gasteiger partial charge in [0.05, 0.1) is 25.9 Å². The van der Waals surface area contributed by atoms with Gasteiger partial charge in [-0.05, 0) is 18.1 Å². The molecule has 0 bridgehead atoms. The number of carbonyl (C=O) groups excluding carboxylic acids is 1. The Bertz CT molecular complexity index is 827. The van der Waals surface area contributed by atoms with Gasteiger partial charge in [-0.1, -0.05) is 18.2 Å². The third-order valence-electron chi connectivity index (χ3n) is 5.39. The molecule has 1 aromatic heterocycles. The van der Waals surface area contributed by atoms with E-state index in [1.807, 2.05) is 29.2 Å². The van der Waals surface area contributed by atoms with Gasteiger partial charge in [0, 0.05) is 44.9 Å². The molecule has 2 saturated heterocycles. The predicted octanol–water partition coefficient (Wildman–Crippen LogP) is 2.12. The maximum Gasteiger partial charge on any atom is 0.256 e. The lowest BCUT2D eigenvalue weighted by Crippen LogP contribution is -2.47. The molecule has 8 nitrogen and oxygen atoms in total. The first-order valence-corrected chi connectivity index (χ1v) is 9.94. The number of amides is 1. The summed E-state index contributed by atoms with van der Waals surface area (Å²) >= 11 is 0. The first kappa shape index (κ1) is 19.6. The van der Waals surface area contributed by atoms with Crippen LogP contribution in [-0.4, -0.2) is 66.5 Å². The normalized spacial score (nSPS) is 18.0. The molecule has 1 spiro atoms. The third-order valence-corrected chi connectivity index (χ3v) is 5.39. The van der Waals surface area contributed by atoms with E-state index in [-0.39, 0.29) is 5.91 Å². The van der Waals surface area contributed by atoms with E-state index < -0.39 is 5.79 Å². The molecule has 2 aliphatic rings. The van der Waals surface area contributed by atoms with Gasteiger partial charge >= 0.3 is 0 Å². The van der Waals surface area contributed by atoms with Gasteiger partial charge in [-0.15, -0.1) is 0 Å². The molecule has 29 heavy (non-hydrogen) atoms. The van der Waals surface area contributed by atoms with E-state index in [1.165, 1.54) is 0 Å². The van der Waals surface area contributed by atoms with Crippen LogP contribution in [0.4, 0.5) is 5.95 Å². The van der Waals surface area contributed by atoms with Crippen LogP contribution in [0.2, 0.25) is 0 Å². The van der Waals surface area contributed by atoms with Crippen molar-refractivity contribution in [2.45, 2.75) is 25.0 Å². The number of carbonyl (C=O) groups is 1. The maximum atomic E-state index is 12.7. The predicted molar refractivity (Wildman–Crippen MR) is 107 cm³/mol. The summed E-state index contributed by atoms with van der Waals surface area (Å²) in [5.74, 6) is 0.829. The minimum atomic E-state index is -0.484. The molecule has 0 saturated carbocycles. The van der Waals surface area contributed by atoms with Crippen molar-refractivity contribution >= 4 is 11.9 Å². The summed E-state index contributed by atoms with van der Waals surface area (Å²) in [6, 6.07) is 7.92. The van der Waals surface area contributed by atoms with E-state index >= 15 is 0 Å². The molecule has 0 radical (unpaired) electrons. The zero-order valence-electron chi connectivity index (χ0n) is 16.6. The molecule has 0 aliphatic carbocycles. The van der Waals surface area contributed by atoms with Crippen LogP contribution < -0.4 is 10.1 Å². The van der Waals surface area contributed by atoms with Gasteiger partial charge in [0.1, 0.15) is 5.75 Å². The van der Waals surface area contributed by atoms with Crippen LogP contribution in [0.1, 0.15) is 28.8 Å². The number of rotatable bonds is 6. The first-order valence-electron chi connectivity index (χ1n) is 9.94. The molecule has 0 atom stereocenters. The highest BCUT2D eigenvalue weighted by molar-refractivity contribution is 5.93. The summed E-state index contributed by atoms with van der Waals surface area (Å²) < 4.78 is 16.8. The molecule has 2 aromatic rings. The van der Waals surface area contributed by atoms with Gasteiger partial charge in [0.2, 0.25) is 5.95 Å². The van der Waals surface area contributed by atoms with Crippen LogP contribution in [-0.2, 0) is 15.9 Å². The van der Waals surface area contributed by atoms with Crippen molar-refractivity contribution in [2.24, 2.45) is 0 Å². The highest BCUT2D eigenvalue weighted by atomic mass is 16.7. The van der Waals surface area contributed by atoms with Crippen molar-refractivity contribution in [3.05, 3.63) is 47.8 Å². The second kappa shape index (κ2) is 8.75. The van der Waals surface area contributed by atoms with Crippen molar-refractivity contribution < 1.29 is 19.0 Å². The zero-order valence-corrected chi connectivity index (χ0v) is 16.6. The van der Waals surface area contributed by atoms with Crippen molar-refractivity contribution in [3.63, 3.8) is 0 Å². The monoisotopic (exact) mass is 398 g/mol. The number of likely N-dealkylation sites (tertiary alicyclic amines) is 1. The smallest absolute Gasteiger partial charge is 0.256 e. The Kier molecular flexibility index (Phi) is 5.92. The number of hydrogen-bond acceptors (Lipinski definition) is 7. The fourth-order valence-corrected chi connectivity index (χ4v) is 3.77. The molecule has 0 unspecified atom stereocenters. The van der Waals surface area contributed by atoms with E-state index in [2.05, 4.69) is 15.3 Å². The Labute approximate surface area is 170 Å². The number of hydrogen-bond donors (Lipinski definition) is 1. The molecule has 2 fully saturated rings. The number of piperidine rings is 1. The maximum absolute atomic E-state index is 12.7. The van der Waals surface area contributed by atoms with Crippen LogP contribution in [0.3, 0.4) is 0 Å². The standard InChI is InChI=1S/C21H26N4O4/c1-27-18-5-3-2-4-16(18)6-9-22-20-23-14-17(15-24-20)19(26)25-10-7-21(8-11-25)28-12-13-29-21/h2-5,14-15H,6-13H2,1H3,(H,22,23,24). The van der Waals surface area contributed by atoms with Crippen molar-refractivity contribution in [2.75, 3.05) is 45.3 Å². The van der Waals surface area contributed by atoms with E-state index in [1.54, 1.807) is 19.5 Å². The minimum absolute atomic E-state index is 0.0570. The Morgan fingerprint density at radius 1 is 1.17 bits per heavy atom. The van der Waals surface area contributed by atoms with Gasteiger partial charge in [-0.2, -0.15) is 0 Å². The third kappa shape index (κ3) is 4.49. The Hall–Kier alpha value is -2.71. The second-order valence-electron chi connectivity index (χ2n) is 7.18. The average molecular weight is 398 g/mol. The summed E-state index contributed by atoms with van der Waals surface area (Å²) in [4.78, 5) is 23.1. The summed E-state index contributed by atoms with van der Waals surface area (Å²) in [6.45, 7) is 3.15. The molecule has 4 rings (SSSR count). The quantitative estimate of drug-likeness (QED) is 0.798. The summed E-state index contributed by atoms with van der Waals surface area (Å²) in [5.41, 5.74) is 1.61. The second-order valence-corrected chi connectivity index (χ2v) is 7.18. The summed E-state index contributed by atoms with van der Waals surface area (Å²) in [5, 5.41) is 3.19. The molecule has 1 amide bonds. The lowest BCUT2D eigenvalue weighted by molar-refractivity contribution is -0.181. The highest BCUT2D eigenvalue weighted by Crippen LogP contribution is 2.31. The number of methoxy groups -OCH3 is 1. The van der Waals surface area contributed by atoms with Crippen LogP contribution in [0.15, 0.2) is 36.7 Å². The molecular weight excluding hydrogens is 372 g/mol. The number of aromatic nitrogens is 2. The molecule has 2 aliphatic heterocycles. The molecular formula is C21H26N4O4. The van der Waals surface area contributed by atoms with E-state index in [0.717, 1.165) is 17.7 Å². The summed E-state index contributed by atoms with van der Waals surface area (Å²) in [6.07, 6.45) is 5.33. The van der Waals surface area contributed by atoms with Gasteiger partial charge in [0.15, 0.2) is 5.79 Å². The van der Waals surface area contributed by atoms with Crippen molar-refractivity contribution in [3.8, 4) is 5.75 Å². The number of ether oxygens (including phenoxy) is 3. The lowest BCUT2D eigenvalue weighted by Gasteiger charge is -2.37. The molecule has 154 valence electrons. The van der Waals surface area contributed by atoms with E-state index in [9.17, 15) is 4.79 Å². The van der Waals surface area contributed by atoms with Gasteiger partial charge in [0.25, 0.3) is 5.91 Å². The highest BCUT2D eigenvalue weighted by Gasteiger charge is 2.40. The van der Waals surface area contributed by atoms with Gasteiger partial charge in [-0.3, -0.25) is 4.79 Å². The van der Waals surface area contributed by atoms with Crippen LogP contribution in [0.25, 0.3) is 0 Å². The fourth-order valence-electron chi connectivity index (χ4n) is 3.77. The van der Waals surface area contributed by atoms with Crippen molar-refractivity contribution in [1.29, 1.82) is 0 Å². The van der Waals surface area contributed by atoms with Crippen LogP contribution in [0, 0.1) is 0 Å². The Morgan fingerprint density at radius 2 is 1.86 bits per heavy atom. The number of anilines is 1. The van der Waals surface area contributed by atoms with E-state index in [0.29, 0.717) is 57.2 Å². The Balaban J connectivity index is 1.28. The molecule has 8 heteroatoms. The minimum Gasteiger partial charge on any atom is -0.496 e. The first-order chi connectivity index (χ1) is 14.2. The summed E-state index contributed by atoms with van der Waals surface area (Å²) in [7, 11) is 1.67. The SMILES string of the molecule is COc1ccccc1CCNc1ncc(C(=O)N2CCC3(CC2)OCCO3)cn1.